The van der Waals surface area contributed by atoms with Crippen molar-refractivity contribution < 1.29 is 9.84 Å². The molecule has 1 heterocycles. The molecule has 1 aliphatic heterocycles. The van der Waals surface area contributed by atoms with E-state index in [9.17, 15) is 5.11 Å². The molecular weight excluding hydrogens is 224 g/mol. The first-order valence-corrected chi connectivity index (χ1v) is 6.23. The molecule has 3 rings (SSSR count). The first kappa shape index (κ1) is 11.3. The van der Waals surface area contributed by atoms with Gasteiger partial charge >= 0.3 is 0 Å². The van der Waals surface area contributed by atoms with Crippen LogP contribution in [0.15, 0.2) is 36.4 Å². The van der Waals surface area contributed by atoms with Crippen LogP contribution >= 0.6 is 0 Å². The average Bonchev–Trinajstić information content (AvgIpc) is 2.41. The summed E-state index contributed by atoms with van der Waals surface area (Å²) < 4.78 is 5.49. The Hall–Kier alpha value is -1.80. The van der Waals surface area contributed by atoms with Crippen molar-refractivity contribution in [3.63, 3.8) is 0 Å². The van der Waals surface area contributed by atoms with Crippen molar-refractivity contribution >= 4 is 0 Å². The highest BCUT2D eigenvalue weighted by atomic mass is 16.5. The summed E-state index contributed by atoms with van der Waals surface area (Å²) in [6.07, 6.45) is 1.00. The SMILES string of the molecule is Cc1cc(-c2ccc3c(c2)COCC3)ccc1O. The predicted octanol–water partition coefficient (Wildman–Crippen LogP) is 3.44. The van der Waals surface area contributed by atoms with Crippen molar-refractivity contribution in [1.29, 1.82) is 0 Å². The third-order valence-electron chi connectivity index (χ3n) is 3.51. The molecule has 1 N–H and O–H groups in total. The quantitative estimate of drug-likeness (QED) is 0.827. The molecule has 18 heavy (non-hydrogen) atoms. The molecule has 2 aromatic rings. The molecule has 0 aromatic heterocycles. The molecular formula is C16H16O2. The summed E-state index contributed by atoms with van der Waals surface area (Å²) in [6.45, 7) is 3.45. The lowest BCUT2D eigenvalue weighted by molar-refractivity contribution is 0.111. The summed E-state index contributed by atoms with van der Waals surface area (Å²) in [7, 11) is 0. The Kier molecular flexibility index (Phi) is 2.80. The minimum Gasteiger partial charge on any atom is -0.508 e. The van der Waals surface area contributed by atoms with Gasteiger partial charge in [0.2, 0.25) is 0 Å². The molecule has 0 unspecified atom stereocenters. The summed E-state index contributed by atoms with van der Waals surface area (Å²) in [5.74, 6) is 0.347. The number of benzene rings is 2. The van der Waals surface area contributed by atoms with Gasteiger partial charge in [-0.25, -0.2) is 0 Å². The fourth-order valence-electron chi connectivity index (χ4n) is 2.38. The van der Waals surface area contributed by atoms with Crippen molar-refractivity contribution in [2.75, 3.05) is 6.61 Å². The van der Waals surface area contributed by atoms with Crippen molar-refractivity contribution in [3.8, 4) is 16.9 Å². The van der Waals surface area contributed by atoms with Crippen molar-refractivity contribution in [2.45, 2.75) is 20.0 Å². The third-order valence-corrected chi connectivity index (χ3v) is 3.51. The van der Waals surface area contributed by atoms with Gasteiger partial charge < -0.3 is 9.84 Å². The van der Waals surface area contributed by atoms with E-state index in [0.717, 1.165) is 24.2 Å². The predicted molar refractivity (Wildman–Crippen MR) is 71.6 cm³/mol. The van der Waals surface area contributed by atoms with Crippen molar-refractivity contribution in [2.24, 2.45) is 0 Å². The first-order chi connectivity index (χ1) is 8.74. The standard InChI is InChI=1S/C16H16O2/c1-11-8-13(4-5-16(11)17)14-3-2-12-6-7-18-10-15(12)9-14/h2-5,8-9,17H,6-7,10H2,1H3. The van der Waals surface area contributed by atoms with E-state index >= 15 is 0 Å². The monoisotopic (exact) mass is 240 g/mol. The maximum Gasteiger partial charge on any atom is 0.118 e. The number of hydrogen-bond donors (Lipinski definition) is 1. The highest BCUT2D eigenvalue weighted by Gasteiger charge is 2.10. The molecule has 0 bridgehead atoms. The number of phenols is 1. The zero-order chi connectivity index (χ0) is 12.5. The molecule has 2 aromatic carbocycles. The Balaban J connectivity index is 2.03. The Morgan fingerprint density at radius 2 is 1.78 bits per heavy atom. The fraction of sp³-hybridized carbons (Fsp3) is 0.250. The molecule has 0 saturated heterocycles. The molecule has 2 heteroatoms. The van der Waals surface area contributed by atoms with E-state index in [1.807, 2.05) is 19.1 Å². The van der Waals surface area contributed by atoms with Crippen LogP contribution in [-0.4, -0.2) is 11.7 Å². The molecule has 92 valence electrons. The molecule has 0 fully saturated rings. The van der Waals surface area contributed by atoms with Crippen molar-refractivity contribution in [1.82, 2.24) is 0 Å². The minimum absolute atomic E-state index is 0.347. The summed E-state index contributed by atoms with van der Waals surface area (Å²) >= 11 is 0. The Morgan fingerprint density at radius 1 is 1.00 bits per heavy atom. The van der Waals surface area contributed by atoms with Crippen LogP contribution < -0.4 is 0 Å². The van der Waals surface area contributed by atoms with E-state index in [0.29, 0.717) is 12.4 Å². The van der Waals surface area contributed by atoms with Gasteiger partial charge in [0, 0.05) is 0 Å². The van der Waals surface area contributed by atoms with Gasteiger partial charge in [-0.3, -0.25) is 0 Å². The lowest BCUT2D eigenvalue weighted by Crippen LogP contribution is -2.09. The Labute approximate surface area is 107 Å². The van der Waals surface area contributed by atoms with Crippen LogP contribution in [0.3, 0.4) is 0 Å². The van der Waals surface area contributed by atoms with Gasteiger partial charge in [0.25, 0.3) is 0 Å². The molecule has 0 saturated carbocycles. The largest absolute Gasteiger partial charge is 0.508 e. The topological polar surface area (TPSA) is 29.5 Å². The number of aromatic hydroxyl groups is 1. The molecule has 2 nitrogen and oxygen atoms in total. The third kappa shape index (κ3) is 2.00. The van der Waals surface area contributed by atoms with E-state index in [-0.39, 0.29) is 0 Å². The smallest absolute Gasteiger partial charge is 0.118 e. The van der Waals surface area contributed by atoms with Crippen LogP contribution in [0.5, 0.6) is 5.75 Å². The van der Waals surface area contributed by atoms with Gasteiger partial charge in [-0.1, -0.05) is 18.2 Å². The summed E-state index contributed by atoms with van der Waals surface area (Å²) in [4.78, 5) is 0. The fourth-order valence-corrected chi connectivity index (χ4v) is 2.38. The summed E-state index contributed by atoms with van der Waals surface area (Å²) in [5, 5.41) is 9.56. The average molecular weight is 240 g/mol. The highest BCUT2D eigenvalue weighted by molar-refractivity contribution is 5.67. The van der Waals surface area contributed by atoms with Crippen LogP contribution in [0, 0.1) is 6.92 Å². The van der Waals surface area contributed by atoms with Gasteiger partial charge in [0.05, 0.1) is 13.2 Å². The number of rotatable bonds is 1. The maximum atomic E-state index is 9.56. The van der Waals surface area contributed by atoms with Gasteiger partial charge in [-0.05, 0) is 59.4 Å². The van der Waals surface area contributed by atoms with Gasteiger partial charge in [0.1, 0.15) is 5.75 Å². The number of fused-ring (bicyclic) bond motifs is 1. The Morgan fingerprint density at radius 3 is 2.61 bits per heavy atom. The molecule has 0 amide bonds. The van der Waals surface area contributed by atoms with Crippen molar-refractivity contribution in [3.05, 3.63) is 53.1 Å². The molecule has 0 radical (unpaired) electrons. The number of phenolic OH excluding ortho intramolecular Hbond substituents is 1. The summed E-state index contributed by atoms with van der Waals surface area (Å²) in [6, 6.07) is 12.3. The minimum atomic E-state index is 0.347. The number of ether oxygens (including phenoxy) is 1. The highest BCUT2D eigenvalue weighted by Crippen LogP contribution is 2.28. The van der Waals surface area contributed by atoms with E-state index in [1.165, 1.54) is 16.7 Å². The van der Waals surface area contributed by atoms with E-state index in [4.69, 9.17) is 4.74 Å². The zero-order valence-corrected chi connectivity index (χ0v) is 10.4. The molecule has 0 atom stereocenters. The summed E-state index contributed by atoms with van der Waals surface area (Å²) in [5.41, 5.74) is 5.90. The van der Waals surface area contributed by atoms with Crippen LogP contribution in [0.25, 0.3) is 11.1 Å². The van der Waals surface area contributed by atoms with E-state index in [2.05, 4.69) is 18.2 Å². The Bertz CT molecular complexity index is 588. The first-order valence-electron chi connectivity index (χ1n) is 6.23. The molecule has 0 spiro atoms. The normalized spacial score (nSPS) is 14.3. The molecule has 1 aliphatic rings. The maximum absolute atomic E-state index is 9.56. The zero-order valence-electron chi connectivity index (χ0n) is 10.4. The lowest BCUT2D eigenvalue weighted by Gasteiger charge is -2.17. The van der Waals surface area contributed by atoms with Gasteiger partial charge in [0.15, 0.2) is 0 Å². The lowest BCUT2D eigenvalue weighted by atomic mass is 9.96. The second-order valence-electron chi connectivity index (χ2n) is 4.79. The van der Waals surface area contributed by atoms with Gasteiger partial charge in [-0.15, -0.1) is 0 Å². The van der Waals surface area contributed by atoms with E-state index < -0.39 is 0 Å². The van der Waals surface area contributed by atoms with Crippen LogP contribution in [-0.2, 0) is 17.8 Å². The second kappa shape index (κ2) is 4.46. The number of aryl methyl sites for hydroxylation is 1. The van der Waals surface area contributed by atoms with Crippen LogP contribution in [0.4, 0.5) is 0 Å². The van der Waals surface area contributed by atoms with E-state index in [1.54, 1.807) is 6.07 Å². The van der Waals surface area contributed by atoms with Crippen LogP contribution in [0.1, 0.15) is 16.7 Å². The second-order valence-corrected chi connectivity index (χ2v) is 4.79. The molecule has 0 aliphatic carbocycles. The number of hydrogen-bond acceptors (Lipinski definition) is 2. The van der Waals surface area contributed by atoms with Gasteiger partial charge in [-0.2, -0.15) is 0 Å². The van der Waals surface area contributed by atoms with Crippen LogP contribution in [0.2, 0.25) is 0 Å².